The largest absolute Gasteiger partial charge is 0.477 e. The summed E-state index contributed by atoms with van der Waals surface area (Å²) in [6.45, 7) is 7.10. The van der Waals surface area contributed by atoms with Crippen molar-refractivity contribution in [2.24, 2.45) is 11.7 Å². The summed E-state index contributed by atoms with van der Waals surface area (Å²) in [7, 11) is 3.03. The third-order valence-electron chi connectivity index (χ3n) is 13.3. The van der Waals surface area contributed by atoms with E-state index in [-0.39, 0.29) is 92.5 Å². The van der Waals surface area contributed by atoms with E-state index in [1.54, 1.807) is 73.9 Å². The zero-order chi connectivity index (χ0) is 55.2. The number of rotatable bonds is 20. The number of H-pyrrole nitrogens is 1. The number of urea groups is 1. The van der Waals surface area contributed by atoms with Crippen LogP contribution in [0.1, 0.15) is 95.8 Å². The van der Waals surface area contributed by atoms with Crippen molar-refractivity contribution in [3.8, 4) is 17.1 Å². The van der Waals surface area contributed by atoms with Gasteiger partial charge in [0.1, 0.15) is 42.4 Å². The number of pyridine rings is 2. The van der Waals surface area contributed by atoms with Crippen molar-refractivity contribution in [1.29, 1.82) is 0 Å². The molecule has 9 N–H and O–H groups in total. The number of esters is 1. The maximum absolute atomic E-state index is 13.7. The first-order valence-corrected chi connectivity index (χ1v) is 24.5. The van der Waals surface area contributed by atoms with E-state index in [2.05, 4.69) is 26.3 Å². The summed E-state index contributed by atoms with van der Waals surface area (Å²) in [6.07, 6.45) is -0.469. The molecule has 24 nitrogen and oxygen atoms in total. The van der Waals surface area contributed by atoms with Gasteiger partial charge in [0.15, 0.2) is 5.60 Å². The van der Waals surface area contributed by atoms with Gasteiger partial charge >= 0.3 is 30.2 Å². The summed E-state index contributed by atoms with van der Waals surface area (Å²) in [5.41, 5.74) is 7.26. The third kappa shape index (κ3) is 11.9. The van der Waals surface area contributed by atoms with Gasteiger partial charge in [-0.2, -0.15) is 0 Å². The second-order valence-electron chi connectivity index (χ2n) is 18.8. The van der Waals surface area contributed by atoms with Crippen LogP contribution in [-0.2, 0) is 55.6 Å². The number of benzene rings is 2. The van der Waals surface area contributed by atoms with Gasteiger partial charge in [-0.15, -0.1) is 0 Å². The topological polar surface area (TPSA) is 336 Å². The Morgan fingerprint density at radius 3 is 2.25 bits per heavy atom. The summed E-state index contributed by atoms with van der Waals surface area (Å²) in [4.78, 5) is 125. The normalized spacial score (nSPS) is 15.0. The maximum atomic E-state index is 13.7. The highest BCUT2D eigenvalue weighted by atomic mass is 16.6. The quantitative estimate of drug-likeness (QED) is 0.0399. The number of likely N-dealkylation sites (N-methyl/N-ethyl adjacent to an activating group) is 2. The van der Waals surface area contributed by atoms with Crippen LogP contribution in [0, 0.1) is 5.92 Å². The van der Waals surface area contributed by atoms with Gasteiger partial charge in [-0.05, 0) is 91.3 Å². The molecule has 0 saturated carbocycles. The van der Waals surface area contributed by atoms with Gasteiger partial charge in [0.25, 0.3) is 11.5 Å². The summed E-state index contributed by atoms with van der Waals surface area (Å²) in [5, 5.41) is 31.6. The molecule has 7 amide bonds. The highest BCUT2D eigenvalue weighted by Crippen LogP contribution is 2.41. The molecule has 3 aromatic heterocycles. The second kappa shape index (κ2) is 23.2. The number of nitrogens with zero attached hydrogens (tertiary/aromatic N) is 4. The zero-order valence-electron chi connectivity index (χ0n) is 42.7. The van der Waals surface area contributed by atoms with Gasteiger partial charge in [-0.25, -0.2) is 29.0 Å². The molecule has 3 atom stereocenters. The van der Waals surface area contributed by atoms with Crippen molar-refractivity contribution in [2.75, 3.05) is 39.0 Å². The number of primary amides is 1. The number of nitrogens with two attached hydrogens (primary N) is 1. The lowest BCUT2D eigenvalue weighted by molar-refractivity contribution is -0.172. The number of hydrogen-bond donors (Lipinski definition) is 8. The first-order valence-electron chi connectivity index (χ1n) is 24.5. The molecule has 2 aliphatic heterocycles. The number of anilines is 1. The Kier molecular flexibility index (Phi) is 16.8. The van der Waals surface area contributed by atoms with Gasteiger partial charge in [0, 0.05) is 55.9 Å². The zero-order valence-corrected chi connectivity index (χ0v) is 42.7. The molecule has 76 heavy (non-hydrogen) atoms. The molecule has 0 aliphatic carbocycles. The van der Waals surface area contributed by atoms with Crippen molar-refractivity contribution < 1.29 is 62.8 Å². The van der Waals surface area contributed by atoms with E-state index < -0.39 is 71.5 Å². The van der Waals surface area contributed by atoms with E-state index >= 15 is 0 Å². The fraction of sp³-hybridized carbons (Fsp3) is 0.385. The molecule has 5 heterocycles. The lowest BCUT2D eigenvalue weighted by Gasteiger charge is -2.31. The maximum Gasteiger partial charge on any atom is 0.415 e. The van der Waals surface area contributed by atoms with Crippen LogP contribution in [0.5, 0.6) is 5.75 Å². The van der Waals surface area contributed by atoms with Crippen molar-refractivity contribution in [3.05, 3.63) is 110 Å². The Balaban J connectivity index is 0.907. The number of ether oxygens (including phenoxy) is 3. The third-order valence-corrected chi connectivity index (χ3v) is 13.3. The monoisotopic (exact) mass is 1050 g/mol. The van der Waals surface area contributed by atoms with E-state index in [0.717, 1.165) is 16.5 Å². The van der Waals surface area contributed by atoms with Crippen molar-refractivity contribution in [1.82, 2.24) is 40.3 Å². The number of fused-ring (bicyclic) bond motifs is 5. The Bertz CT molecular complexity index is 3170. The van der Waals surface area contributed by atoms with Crippen LogP contribution in [0.3, 0.4) is 0 Å². The number of aliphatic hydroxyl groups is 1. The Morgan fingerprint density at radius 1 is 0.908 bits per heavy atom. The number of aromatic carboxylic acids is 1. The number of aryl methyl sites for hydroxylation is 1. The van der Waals surface area contributed by atoms with Crippen LogP contribution in [0.4, 0.5) is 20.1 Å². The highest BCUT2D eigenvalue weighted by Gasteiger charge is 2.45. The number of carbonyl (C=O) groups is 8. The van der Waals surface area contributed by atoms with Crippen molar-refractivity contribution in [3.63, 3.8) is 0 Å². The average Bonchev–Trinajstić information content (AvgIpc) is 4.06. The molecule has 2 aromatic carbocycles. The van der Waals surface area contributed by atoms with Gasteiger partial charge < -0.3 is 70.8 Å². The molecule has 0 saturated heterocycles. The first-order chi connectivity index (χ1) is 36.1. The molecule has 0 spiro atoms. The van der Waals surface area contributed by atoms with E-state index in [1.807, 2.05) is 6.92 Å². The summed E-state index contributed by atoms with van der Waals surface area (Å²) < 4.78 is 18.0. The van der Waals surface area contributed by atoms with Gasteiger partial charge in [0.2, 0.25) is 11.8 Å². The molecule has 0 radical (unpaired) electrons. The van der Waals surface area contributed by atoms with Gasteiger partial charge in [0.05, 0.1) is 29.0 Å². The van der Waals surface area contributed by atoms with Crippen LogP contribution in [0.2, 0.25) is 0 Å². The SMILES string of the molecule is CCc1c2c(nc3ccc(OC(=O)N(C)CCN(C)C(=O)OCc4ccc(NC(=O)[C@H](CCCNC(N)=O)NC(=O)[C@@H](NC(=O)c5ccc(C(=O)O)[nH]5)C(C)C)cc4)cc13)-c1cc3c(c(=O)n1C2)COC(=O)[C@]3(O)CC. The molecule has 0 bridgehead atoms. The number of amides is 7. The molecule has 7 rings (SSSR count). The fourth-order valence-corrected chi connectivity index (χ4v) is 8.89. The molecule has 402 valence electrons. The standard InChI is InChI=1S/C52H60N10O14/c1-7-31-32-22-30(15-16-36(32)57-42-33(31)24-62-40(42)23-35-34(46(62)66)26-74-48(69)52(35,73)8-2)76-51(72)61(6)21-20-60(5)50(71)75-25-28-11-13-29(14-12-28)55-43(63)37(10-9-19-54-49(53)70)58-45(65)41(27(3)4)59-44(64)38-17-18-39(56-38)47(67)68/h11-18,22-23,27,37,41,56,73H,7-10,19-21,24-26H2,1-6H3,(H,55,63)(H,58,65)(H,59,64)(H,67,68)(H3,53,54,70)/t37-,41-,52-/m0/s1. The lowest BCUT2D eigenvalue weighted by Crippen LogP contribution is -2.54. The molecule has 2 aliphatic rings. The lowest BCUT2D eigenvalue weighted by atomic mass is 9.86. The Hall–Kier alpha value is -8.80. The number of nitrogens with one attached hydrogen (secondary N) is 5. The fourth-order valence-electron chi connectivity index (χ4n) is 8.89. The second-order valence-corrected chi connectivity index (χ2v) is 18.8. The van der Waals surface area contributed by atoms with E-state index in [4.69, 9.17) is 24.9 Å². The van der Waals surface area contributed by atoms with Gasteiger partial charge in [-0.1, -0.05) is 39.8 Å². The minimum Gasteiger partial charge on any atom is -0.477 e. The predicted molar refractivity (Wildman–Crippen MR) is 273 cm³/mol. The van der Waals surface area contributed by atoms with E-state index in [1.165, 1.54) is 36.0 Å². The first kappa shape index (κ1) is 55.0. The highest BCUT2D eigenvalue weighted by molar-refractivity contribution is 6.01. The molecule has 24 heteroatoms. The summed E-state index contributed by atoms with van der Waals surface area (Å²) >= 11 is 0. The van der Waals surface area contributed by atoms with E-state index in [0.29, 0.717) is 34.6 Å². The van der Waals surface area contributed by atoms with Crippen molar-refractivity contribution >= 4 is 64.5 Å². The van der Waals surface area contributed by atoms with Crippen LogP contribution in [0.15, 0.2) is 65.5 Å². The molecular formula is C52H60N10O14. The molecule has 0 fully saturated rings. The Labute approximate surface area is 435 Å². The minimum absolute atomic E-state index is 0.0231. The smallest absolute Gasteiger partial charge is 0.415 e. The number of cyclic esters (lactones) is 1. The molecular weight excluding hydrogens is 989 g/mol. The number of aromatic amines is 1. The van der Waals surface area contributed by atoms with Gasteiger partial charge in [-0.3, -0.25) is 19.2 Å². The predicted octanol–water partition coefficient (Wildman–Crippen LogP) is 3.69. The van der Waals surface area contributed by atoms with Crippen LogP contribution in [0.25, 0.3) is 22.3 Å². The minimum atomic E-state index is -1.95. The number of carbonyl (C=O) groups excluding carboxylic acids is 7. The number of aromatic nitrogens is 3. The molecule has 0 unspecified atom stereocenters. The number of carboxylic acids is 1. The number of hydrogen-bond acceptors (Lipinski definition) is 14. The molecule has 5 aromatic rings. The van der Waals surface area contributed by atoms with Crippen LogP contribution in [-0.4, -0.2) is 128 Å². The van der Waals surface area contributed by atoms with Crippen molar-refractivity contribution in [2.45, 2.75) is 90.8 Å². The summed E-state index contributed by atoms with van der Waals surface area (Å²) in [6, 6.07) is 12.5. The average molecular weight is 1050 g/mol. The van der Waals surface area contributed by atoms with Crippen LogP contribution >= 0.6 is 0 Å². The van der Waals surface area contributed by atoms with E-state index in [9.17, 15) is 53.4 Å². The van der Waals surface area contributed by atoms with Crippen LogP contribution < -0.4 is 37.3 Å². The Morgan fingerprint density at radius 2 is 1.61 bits per heavy atom. The number of carboxylic acid groups (broad SMARTS) is 1. The summed E-state index contributed by atoms with van der Waals surface area (Å²) in [5.74, 6) is -4.29.